The Morgan fingerprint density at radius 2 is 1.02 bits per heavy atom. The van der Waals surface area contributed by atoms with Gasteiger partial charge in [-0.1, -0.05) is 98.8 Å². The maximum Gasteiger partial charge on any atom is 0.279 e. The van der Waals surface area contributed by atoms with E-state index < -0.39 is 42.6 Å². The number of allylic oxidation sites excluding steroid dienone is 2. The van der Waals surface area contributed by atoms with E-state index in [1.54, 1.807) is 60.7 Å². The van der Waals surface area contributed by atoms with Gasteiger partial charge < -0.3 is 10.2 Å². The van der Waals surface area contributed by atoms with Crippen molar-refractivity contribution in [2.24, 2.45) is 10.2 Å². The van der Waals surface area contributed by atoms with Crippen LogP contribution in [0.2, 0.25) is 2.82 Å². The number of aliphatic hydroxyl groups is 2. The van der Waals surface area contributed by atoms with Crippen LogP contribution in [0.15, 0.2) is 107 Å². The van der Waals surface area contributed by atoms with Gasteiger partial charge in [0, 0.05) is 24.0 Å². The van der Waals surface area contributed by atoms with Crippen LogP contribution in [0.1, 0.15) is 71.2 Å². The molecule has 4 aromatic carbocycles. The number of hydrogen-bond donors (Lipinski definition) is 6. The largest absolute Gasteiger partial charge is 0.505 e. The number of nitrogens with one attached hydrogen (secondary N) is 2. The predicted octanol–water partition coefficient (Wildman–Crippen LogP) is 8.06. The van der Waals surface area contributed by atoms with Crippen LogP contribution in [0.4, 0.5) is 0 Å². The van der Waals surface area contributed by atoms with Gasteiger partial charge in [0.15, 0.2) is 9.49 Å². The topological polar surface area (TPSA) is 222 Å². The van der Waals surface area contributed by atoms with Crippen LogP contribution in [0.25, 0.3) is 22.6 Å². The minimum Gasteiger partial charge on any atom is -0.505 e. The Bertz CT molecular complexity index is 2300. The second-order valence-electron chi connectivity index (χ2n) is 12.3. The molecule has 6 N–H and O–H groups in total. The van der Waals surface area contributed by atoms with Gasteiger partial charge in [-0.15, -0.1) is 0 Å². The highest BCUT2D eigenvalue weighted by Crippen LogP contribution is 2.52. The summed E-state index contributed by atoms with van der Waals surface area (Å²) in [5.74, 6) is -0.704. The average molecular weight is 715 g/mol. The fourth-order valence-electron chi connectivity index (χ4n) is 7.46. The summed E-state index contributed by atoms with van der Waals surface area (Å²) in [4.78, 5) is 0. The quantitative estimate of drug-likeness (QED) is 0.0733. The molecule has 0 saturated carbocycles. The Balaban J connectivity index is 1.55. The van der Waals surface area contributed by atoms with Crippen LogP contribution in [0, 0.1) is 11.0 Å². The van der Waals surface area contributed by atoms with Crippen molar-refractivity contribution in [3.63, 3.8) is 0 Å². The molecule has 0 aliphatic heterocycles. The molecule has 0 amide bonds. The summed E-state index contributed by atoms with van der Waals surface area (Å²) in [5.41, 5.74) is 9.27. The zero-order valence-electron chi connectivity index (χ0n) is 28.9. The summed E-state index contributed by atoms with van der Waals surface area (Å²) in [6.07, 6.45) is -0.185. The minimum atomic E-state index is -4.96. The highest BCUT2D eigenvalue weighted by molar-refractivity contribution is 7.87. The molecule has 0 heterocycles. The van der Waals surface area contributed by atoms with Crippen molar-refractivity contribution < 1.29 is 39.0 Å². The van der Waals surface area contributed by atoms with Gasteiger partial charge >= 0.3 is 0 Å². The van der Waals surface area contributed by atoms with E-state index in [4.69, 9.17) is 2.82 Å². The molecule has 0 bridgehead atoms. The SMILES string of the molecule is [H]/N=N/C1=C(O)c2ccccc2C(c2ccc(-c3ccc(C4(S(=O)(=O)O)CC(/N=N/[H])=C(O)c5ccccc54)cc3CC)c(CC)c2)(S(=O)(=O)O)C1. The van der Waals surface area contributed by atoms with Crippen molar-refractivity contribution in [3.05, 3.63) is 141 Å². The first-order chi connectivity index (χ1) is 24.7. The van der Waals surface area contributed by atoms with Gasteiger partial charge in [0.05, 0.1) is 0 Å². The third kappa shape index (κ3) is 5.01. The summed E-state index contributed by atoms with van der Waals surface area (Å²) < 4.78 is 86.0. The Labute approximate surface area is 292 Å². The van der Waals surface area contributed by atoms with E-state index in [0.29, 0.717) is 35.1 Å². The van der Waals surface area contributed by atoms with E-state index in [2.05, 4.69) is 21.3 Å². The van der Waals surface area contributed by atoms with Crippen molar-refractivity contribution in [3.8, 4) is 11.1 Å². The molecule has 0 spiro atoms. The number of hydrogen-bond acceptors (Lipinski definition) is 10. The highest BCUT2D eigenvalue weighted by Gasteiger charge is 2.53. The number of nitrogens with zero attached hydrogens (tertiary/aromatic N) is 2. The van der Waals surface area contributed by atoms with Gasteiger partial charge in [0.2, 0.25) is 2.82 Å². The van der Waals surface area contributed by atoms with E-state index in [1.165, 1.54) is 24.3 Å². The van der Waals surface area contributed by atoms with Gasteiger partial charge in [-0.2, -0.15) is 27.1 Å². The van der Waals surface area contributed by atoms with Crippen LogP contribution < -0.4 is 0 Å². The molecule has 0 radical (unpaired) electrons. The Hall–Kier alpha value is -5.02. The third-order valence-corrected chi connectivity index (χ3v) is 12.9. The smallest absolute Gasteiger partial charge is 0.279 e. The molecule has 2 aliphatic rings. The molecule has 0 fully saturated rings. The molecular weight excluding hydrogens is 681 g/mol. The zero-order chi connectivity index (χ0) is 37.6. The molecular formula is C36H34N4O8S2. The molecule has 0 aromatic heterocycles. The lowest BCUT2D eigenvalue weighted by atomic mass is 9.77. The second kappa shape index (κ2) is 12.4. The van der Waals surface area contributed by atoms with Gasteiger partial charge in [-0.3, -0.25) is 9.11 Å². The first-order valence-corrected chi connectivity index (χ1v) is 18.5. The van der Waals surface area contributed by atoms with Crippen molar-refractivity contribution in [2.75, 3.05) is 0 Å². The molecule has 12 nitrogen and oxygen atoms in total. The molecule has 4 aromatic rings. The lowest BCUT2D eigenvalue weighted by Crippen LogP contribution is -2.40. The van der Waals surface area contributed by atoms with Crippen LogP contribution in [0.3, 0.4) is 0 Å². The van der Waals surface area contributed by atoms with E-state index in [1.807, 2.05) is 13.8 Å². The van der Waals surface area contributed by atoms with Crippen molar-refractivity contribution in [1.82, 2.24) is 0 Å². The monoisotopic (exact) mass is 714 g/mol. The van der Waals surface area contributed by atoms with Crippen LogP contribution in [-0.2, 0) is 42.6 Å². The predicted molar refractivity (Wildman–Crippen MR) is 187 cm³/mol. The summed E-state index contributed by atoms with van der Waals surface area (Å²) in [5, 5.41) is 29.2. The molecule has 258 valence electrons. The Kier molecular flexibility index (Phi) is 7.98. The van der Waals surface area contributed by atoms with Gasteiger partial charge in [-0.05, 0) is 57.3 Å². The van der Waals surface area contributed by atoms with Crippen molar-refractivity contribution >= 4 is 31.8 Å². The normalized spacial score (nSPS) is 21.7. The lowest BCUT2D eigenvalue weighted by molar-refractivity contribution is 0.430. The number of fused-ring (bicyclic) bond motifs is 2. The summed E-state index contributed by atoms with van der Waals surface area (Å²) >= 11 is 0. The fraction of sp³-hybridized carbons (Fsp3) is 0.222. The van der Waals surface area contributed by atoms with Crippen molar-refractivity contribution in [1.29, 1.82) is 11.0 Å². The van der Waals surface area contributed by atoms with Gasteiger partial charge in [0.1, 0.15) is 22.9 Å². The number of benzene rings is 4. The van der Waals surface area contributed by atoms with Crippen LogP contribution >= 0.6 is 0 Å². The van der Waals surface area contributed by atoms with E-state index in [-0.39, 0.29) is 56.3 Å². The molecule has 0 saturated heterocycles. The van der Waals surface area contributed by atoms with Gasteiger partial charge in [-0.25, -0.2) is 11.0 Å². The highest BCUT2D eigenvalue weighted by atomic mass is 32.2. The molecule has 50 heavy (non-hydrogen) atoms. The standard InChI is InChI=1S/C36H34N4O8S2/c1-3-21-17-23(35(49(43,44)45)19-31(39-37)33(41)27-9-5-7-11-29(27)35)13-15-25(21)26-16-14-24(18-22(26)4-2)36(50(46,47)48)20-32(40-38)34(42)28-10-6-8-12-30(28)36/h5-18,37-38,41-42H,3-4,19-20H2,1-2H3,(H,43,44,45)(H,46,47,48)/b39-37+,40-38+. The van der Waals surface area contributed by atoms with Crippen LogP contribution in [-0.4, -0.2) is 36.2 Å². The maximum atomic E-state index is 13.5. The summed E-state index contributed by atoms with van der Waals surface area (Å²) in [6.45, 7) is 3.74. The second-order valence-corrected chi connectivity index (χ2v) is 15.6. The Morgan fingerprint density at radius 3 is 1.36 bits per heavy atom. The average Bonchev–Trinajstić information content (AvgIpc) is 3.12. The molecule has 2 atom stereocenters. The van der Waals surface area contributed by atoms with Crippen LogP contribution in [0.5, 0.6) is 0 Å². The lowest BCUT2D eigenvalue weighted by Gasteiger charge is -2.37. The summed E-state index contributed by atoms with van der Waals surface area (Å²) in [7, 11) is -9.91. The molecule has 2 aliphatic carbocycles. The van der Waals surface area contributed by atoms with E-state index >= 15 is 0 Å². The Morgan fingerprint density at radius 1 is 0.640 bits per heavy atom. The van der Waals surface area contributed by atoms with Crippen molar-refractivity contribution in [2.45, 2.75) is 49.0 Å². The molecule has 14 heteroatoms. The van der Waals surface area contributed by atoms with E-state index in [0.717, 1.165) is 0 Å². The first kappa shape index (κ1) is 32.2. The zero-order valence-corrected chi connectivity index (χ0v) is 28.6. The number of aryl methyl sites for hydroxylation is 2. The van der Waals surface area contributed by atoms with E-state index in [9.17, 15) is 36.2 Å². The molecule has 6 rings (SSSR count). The number of aliphatic hydroxyl groups excluding tert-OH is 2. The summed E-state index contributed by atoms with van der Waals surface area (Å²) in [6, 6.07) is 22.2. The molecule has 2 unspecified atom stereocenters. The third-order valence-electron chi connectivity index (χ3n) is 9.93. The number of rotatable bonds is 9. The minimum absolute atomic E-state index is 0.118. The first-order valence-electron chi connectivity index (χ1n) is 16.5. The van der Waals surface area contributed by atoms with Gasteiger partial charge in [0.25, 0.3) is 20.2 Å². The fourth-order valence-corrected chi connectivity index (χ4v) is 9.86. The maximum absolute atomic E-state index is 13.5.